The Kier molecular flexibility index (Phi) is 4.41. The molecule has 1 atom stereocenters. The molecule has 26 heavy (non-hydrogen) atoms. The predicted molar refractivity (Wildman–Crippen MR) is 105 cm³/mol. The average molecular weight is 347 g/mol. The zero-order chi connectivity index (χ0) is 18.1. The number of para-hydroxylation sites is 1. The van der Waals surface area contributed by atoms with Gasteiger partial charge in [-0.2, -0.15) is 0 Å². The SMILES string of the molecule is CCCNC(=O)N1CCc2c([nH]c3ccccc23)C1c1ccc(C)cc1. The van der Waals surface area contributed by atoms with Crippen LogP contribution in [0.5, 0.6) is 0 Å². The van der Waals surface area contributed by atoms with Gasteiger partial charge in [-0.1, -0.05) is 55.0 Å². The third kappa shape index (κ3) is 2.85. The highest BCUT2D eigenvalue weighted by Crippen LogP contribution is 2.38. The lowest BCUT2D eigenvalue weighted by Gasteiger charge is -2.36. The number of aromatic nitrogens is 1. The summed E-state index contributed by atoms with van der Waals surface area (Å²) in [6, 6.07) is 16.9. The van der Waals surface area contributed by atoms with Gasteiger partial charge in [0, 0.05) is 29.7 Å². The number of nitrogens with zero attached hydrogens (tertiary/aromatic N) is 1. The van der Waals surface area contributed by atoms with E-state index in [1.54, 1.807) is 0 Å². The molecule has 0 bridgehead atoms. The van der Waals surface area contributed by atoms with Crippen LogP contribution in [0.3, 0.4) is 0 Å². The highest BCUT2D eigenvalue weighted by Gasteiger charge is 2.34. The van der Waals surface area contributed by atoms with Gasteiger partial charge in [-0.05, 0) is 37.0 Å². The highest BCUT2D eigenvalue weighted by molar-refractivity contribution is 5.86. The summed E-state index contributed by atoms with van der Waals surface area (Å²) in [5, 5.41) is 4.32. The van der Waals surface area contributed by atoms with Crippen LogP contribution in [0.25, 0.3) is 10.9 Å². The first kappa shape index (κ1) is 16.7. The number of benzene rings is 2. The molecular formula is C22H25N3O. The Morgan fingerprint density at radius 3 is 2.73 bits per heavy atom. The number of hydrogen-bond acceptors (Lipinski definition) is 1. The summed E-state index contributed by atoms with van der Waals surface area (Å²) in [6.45, 7) is 5.59. The Labute approximate surface area is 154 Å². The van der Waals surface area contributed by atoms with Gasteiger partial charge in [-0.3, -0.25) is 0 Å². The van der Waals surface area contributed by atoms with E-state index in [1.165, 1.54) is 16.5 Å². The van der Waals surface area contributed by atoms with E-state index in [4.69, 9.17) is 0 Å². The van der Waals surface area contributed by atoms with Gasteiger partial charge in [-0.15, -0.1) is 0 Å². The Morgan fingerprint density at radius 2 is 1.96 bits per heavy atom. The fourth-order valence-electron chi connectivity index (χ4n) is 3.89. The van der Waals surface area contributed by atoms with Crippen molar-refractivity contribution in [3.05, 3.63) is 70.9 Å². The van der Waals surface area contributed by atoms with E-state index in [2.05, 4.69) is 72.7 Å². The zero-order valence-electron chi connectivity index (χ0n) is 15.4. The van der Waals surface area contributed by atoms with Crippen molar-refractivity contribution in [1.82, 2.24) is 15.2 Å². The first-order valence-corrected chi connectivity index (χ1v) is 9.39. The van der Waals surface area contributed by atoms with Gasteiger partial charge in [0.2, 0.25) is 0 Å². The van der Waals surface area contributed by atoms with Gasteiger partial charge in [0.15, 0.2) is 0 Å². The van der Waals surface area contributed by atoms with Crippen molar-refractivity contribution in [2.45, 2.75) is 32.7 Å². The molecule has 1 aromatic heterocycles. The molecule has 0 spiro atoms. The van der Waals surface area contributed by atoms with Crippen molar-refractivity contribution < 1.29 is 4.79 Å². The highest BCUT2D eigenvalue weighted by atomic mass is 16.2. The number of aryl methyl sites for hydroxylation is 1. The number of carbonyl (C=O) groups excluding carboxylic acids is 1. The second-order valence-corrected chi connectivity index (χ2v) is 7.05. The Bertz CT molecular complexity index is 926. The number of hydrogen-bond donors (Lipinski definition) is 2. The van der Waals surface area contributed by atoms with Crippen LogP contribution in [0, 0.1) is 6.92 Å². The van der Waals surface area contributed by atoms with Crippen molar-refractivity contribution in [1.29, 1.82) is 0 Å². The molecule has 0 saturated heterocycles. The van der Waals surface area contributed by atoms with Crippen LogP contribution >= 0.6 is 0 Å². The van der Waals surface area contributed by atoms with Gasteiger partial charge in [-0.25, -0.2) is 4.79 Å². The maximum Gasteiger partial charge on any atom is 0.318 e. The van der Waals surface area contributed by atoms with Crippen molar-refractivity contribution in [3.63, 3.8) is 0 Å². The van der Waals surface area contributed by atoms with Crippen LogP contribution < -0.4 is 5.32 Å². The maximum absolute atomic E-state index is 12.8. The minimum Gasteiger partial charge on any atom is -0.356 e. The minimum atomic E-state index is -0.0800. The van der Waals surface area contributed by atoms with Crippen molar-refractivity contribution in [2.24, 2.45) is 0 Å². The Balaban J connectivity index is 1.82. The van der Waals surface area contributed by atoms with Crippen LogP contribution in [0.1, 0.15) is 41.8 Å². The molecule has 0 aliphatic carbocycles. The molecule has 4 nitrogen and oxygen atoms in total. The summed E-state index contributed by atoms with van der Waals surface area (Å²) in [4.78, 5) is 18.4. The van der Waals surface area contributed by atoms with Crippen molar-refractivity contribution in [3.8, 4) is 0 Å². The quantitative estimate of drug-likeness (QED) is 0.718. The van der Waals surface area contributed by atoms with Crippen LogP contribution in [0.15, 0.2) is 48.5 Å². The van der Waals surface area contributed by atoms with Gasteiger partial charge < -0.3 is 15.2 Å². The summed E-state index contributed by atoms with van der Waals surface area (Å²) in [5.74, 6) is 0. The predicted octanol–water partition coefficient (Wildman–Crippen LogP) is 4.54. The second-order valence-electron chi connectivity index (χ2n) is 7.05. The molecule has 2 N–H and O–H groups in total. The molecule has 1 aliphatic rings. The Morgan fingerprint density at radius 1 is 1.19 bits per heavy atom. The minimum absolute atomic E-state index is 0.0155. The smallest absolute Gasteiger partial charge is 0.318 e. The van der Waals surface area contributed by atoms with Crippen LogP contribution in [0.2, 0.25) is 0 Å². The lowest BCUT2D eigenvalue weighted by Crippen LogP contribution is -2.46. The number of nitrogens with one attached hydrogen (secondary N) is 2. The molecule has 1 aliphatic heterocycles. The third-order valence-electron chi connectivity index (χ3n) is 5.21. The average Bonchev–Trinajstić information content (AvgIpc) is 3.05. The van der Waals surface area contributed by atoms with Gasteiger partial charge in [0.25, 0.3) is 0 Å². The molecule has 2 amide bonds. The van der Waals surface area contributed by atoms with Crippen LogP contribution in [-0.4, -0.2) is 29.0 Å². The van der Waals surface area contributed by atoms with Crippen LogP contribution in [-0.2, 0) is 6.42 Å². The number of H-pyrrole nitrogens is 1. The molecule has 2 aromatic carbocycles. The van der Waals surface area contributed by atoms with Gasteiger partial charge in [0.1, 0.15) is 0 Å². The van der Waals surface area contributed by atoms with Crippen LogP contribution in [0.4, 0.5) is 4.79 Å². The zero-order valence-corrected chi connectivity index (χ0v) is 15.4. The standard InChI is InChI=1S/C22H25N3O/c1-3-13-23-22(26)25-14-12-18-17-6-4-5-7-19(17)24-20(18)21(25)16-10-8-15(2)9-11-16/h4-11,21,24H,3,12-14H2,1-2H3,(H,23,26). The summed E-state index contributed by atoms with van der Waals surface area (Å²) in [7, 11) is 0. The molecular weight excluding hydrogens is 322 g/mol. The first-order chi connectivity index (χ1) is 12.7. The molecule has 0 fully saturated rings. The summed E-state index contributed by atoms with van der Waals surface area (Å²) < 4.78 is 0. The molecule has 1 unspecified atom stereocenters. The molecule has 134 valence electrons. The van der Waals surface area contributed by atoms with E-state index >= 15 is 0 Å². The number of aromatic amines is 1. The summed E-state index contributed by atoms with van der Waals surface area (Å²) in [5.41, 5.74) is 6.00. The van der Waals surface area contributed by atoms with Crippen molar-refractivity contribution in [2.75, 3.05) is 13.1 Å². The van der Waals surface area contributed by atoms with Gasteiger partial charge in [0.05, 0.1) is 6.04 Å². The van der Waals surface area contributed by atoms with E-state index < -0.39 is 0 Å². The summed E-state index contributed by atoms with van der Waals surface area (Å²) >= 11 is 0. The fraction of sp³-hybridized carbons (Fsp3) is 0.318. The molecule has 2 heterocycles. The lowest BCUT2D eigenvalue weighted by atomic mass is 9.92. The normalized spacial score (nSPS) is 16.5. The third-order valence-corrected chi connectivity index (χ3v) is 5.21. The fourth-order valence-corrected chi connectivity index (χ4v) is 3.89. The molecule has 0 saturated carbocycles. The largest absolute Gasteiger partial charge is 0.356 e. The number of fused-ring (bicyclic) bond motifs is 3. The number of rotatable bonds is 3. The van der Waals surface area contributed by atoms with E-state index in [-0.39, 0.29) is 12.1 Å². The topological polar surface area (TPSA) is 48.1 Å². The lowest BCUT2D eigenvalue weighted by molar-refractivity contribution is 0.179. The van der Waals surface area contributed by atoms with Crippen molar-refractivity contribution >= 4 is 16.9 Å². The Hall–Kier alpha value is -2.75. The summed E-state index contributed by atoms with van der Waals surface area (Å²) in [6.07, 6.45) is 1.81. The molecule has 4 rings (SSSR count). The molecule has 4 heteroatoms. The number of urea groups is 1. The van der Waals surface area contributed by atoms with E-state index in [0.717, 1.165) is 36.2 Å². The molecule has 3 aromatic rings. The first-order valence-electron chi connectivity index (χ1n) is 9.39. The number of amides is 2. The second kappa shape index (κ2) is 6.87. The monoisotopic (exact) mass is 347 g/mol. The van der Waals surface area contributed by atoms with E-state index in [0.29, 0.717) is 6.54 Å². The van der Waals surface area contributed by atoms with Gasteiger partial charge >= 0.3 is 6.03 Å². The number of carbonyl (C=O) groups is 1. The van der Waals surface area contributed by atoms with E-state index in [9.17, 15) is 4.79 Å². The molecule has 0 radical (unpaired) electrons. The maximum atomic E-state index is 12.8. The van der Waals surface area contributed by atoms with E-state index in [1.807, 2.05) is 4.90 Å².